The minimum Gasteiger partial charge on any atom is -0.490 e. The Morgan fingerprint density at radius 3 is 2.54 bits per heavy atom. The molecule has 1 fully saturated rings. The molecule has 1 aliphatic carbocycles. The summed E-state index contributed by atoms with van der Waals surface area (Å²) in [6, 6.07) is 4.62. The molecule has 0 radical (unpaired) electrons. The number of ether oxygens (including phenoxy) is 2. The average Bonchev–Trinajstić information content (AvgIpc) is 3.49. The molecule has 13 heteroatoms. The standard InChI is InChI=1S/C33H51N5O7S/c1-23-18-38(24(2)21-39)33(41)28-17-27(35-32(40)26-12-7-6-8-13-26)14-15-29(28)45-25(3)11-9-10-16-44-30(23)19-37(5)46(42,43)31-20-36(4)22-34-31/h14-15,17,20,22-26,30,39H,6-13,16,18-19,21H2,1-5H3,(H,35,40)/t23-,24+,25+,30-/m1/s1. The molecule has 2 heterocycles. The summed E-state index contributed by atoms with van der Waals surface area (Å²) in [7, 11) is -0.656. The molecule has 2 aromatic rings. The number of nitrogens with one attached hydrogen (secondary N) is 1. The monoisotopic (exact) mass is 661 g/mol. The number of benzene rings is 1. The maximum absolute atomic E-state index is 14.3. The van der Waals surface area contributed by atoms with E-state index >= 15 is 0 Å². The number of likely N-dealkylation sites (N-methyl/N-ethyl adjacent to an activating group) is 1. The van der Waals surface area contributed by atoms with E-state index in [-0.39, 0.29) is 54.5 Å². The molecule has 46 heavy (non-hydrogen) atoms. The zero-order valence-corrected chi connectivity index (χ0v) is 28.7. The summed E-state index contributed by atoms with van der Waals surface area (Å²) in [5, 5.41) is 13.2. The minimum absolute atomic E-state index is 0.0405. The van der Waals surface area contributed by atoms with Crippen molar-refractivity contribution in [3.05, 3.63) is 36.3 Å². The second kappa shape index (κ2) is 16.2. The van der Waals surface area contributed by atoms with E-state index in [1.807, 2.05) is 13.8 Å². The number of rotatable bonds is 8. The quantitative estimate of drug-likeness (QED) is 0.432. The molecule has 1 aromatic carbocycles. The highest BCUT2D eigenvalue weighted by molar-refractivity contribution is 7.89. The number of imidazole rings is 1. The van der Waals surface area contributed by atoms with E-state index in [1.54, 1.807) is 41.6 Å². The lowest BCUT2D eigenvalue weighted by Gasteiger charge is -2.35. The fourth-order valence-corrected chi connectivity index (χ4v) is 7.25. The highest BCUT2D eigenvalue weighted by atomic mass is 32.2. The van der Waals surface area contributed by atoms with E-state index in [1.165, 1.54) is 23.9 Å². The Hall–Kier alpha value is -3.00. The molecular formula is C33H51N5O7S. The molecule has 4 rings (SSSR count). The lowest BCUT2D eigenvalue weighted by molar-refractivity contribution is -0.120. The molecule has 1 saturated carbocycles. The number of nitrogens with zero attached hydrogens (tertiary/aromatic N) is 4. The number of carbonyl (C=O) groups is 2. The van der Waals surface area contributed by atoms with Crippen molar-refractivity contribution in [2.45, 2.75) is 95.4 Å². The fourth-order valence-electron chi connectivity index (χ4n) is 6.11. The summed E-state index contributed by atoms with van der Waals surface area (Å²) in [6.45, 7) is 6.03. The smallest absolute Gasteiger partial charge is 0.261 e. The van der Waals surface area contributed by atoms with Crippen LogP contribution >= 0.6 is 0 Å². The maximum atomic E-state index is 14.3. The summed E-state index contributed by atoms with van der Waals surface area (Å²) >= 11 is 0. The molecule has 0 bridgehead atoms. The number of fused-ring (bicyclic) bond motifs is 1. The Morgan fingerprint density at radius 1 is 1.15 bits per heavy atom. The number of sulfonamides is 1. The van der Waals surface area contributed by atoms with Gasteiger partial charge >= 0.3 is 0 Å². The Labute approximate surface area is 273 Å². The van der Waals surface area contributed by atoms with Gasteiger partial charge in [0.25, 0.3) is 15.9 Å². The van der Waals surface area contributed by atoms with Crippen molar-refractivity contribution in [1.82, 2.24) is 18.8 Å². The van der Waals surface area contributed by atoms with Crippen LogP contribution in [0.3, 0.4) is 0 Å². The van der Waals surface area contributed by atoms with Crippen LogP contribution in [0.15, 0.2) is 35.7 Å². The van der Waals surface area contributed by atoms with Gasteiger partial charge in [-0.3, -0.25) is 9.59 Å². The first-order valence-corrected chi connectivity index (χ1v) is 17.9. The van der Waals surface area contributed by atoms with E-state index in [2.05, 4.69) is 10.3 Å². The number of hydrogen-bond acceptors (Lipinski definition) is 8. The van der Waals surface area contributed by atoms with Gasteiger partial charge in [-0.1, -0.05) is 26.2 Å². The molecule has 4 atom stereocenters. The molecule has 0 unspecified atom stereocenters. The van der Waals surface area contributed by atoms with Crippen LogP contribution in [0.1, 0.15) is 82.5 Å². The Balaban J connectivity index is 1.63. The van der Waals surface area contributed by atoms with Gasteiger partial charge in [0.05, 0.1) is 36.7 Å². The second-order valence-electron chi connectivity index (χ2n) is 13.0. The third kappa shape index (κ3) is 9.08. The zero-order valence-electron chi connectivity index (χ0n) is 27.9. The fraction of sp³-hybridized carbons (Fsp3) is 0.667. The highest BCUT2D eigenvalue weighted by Crippen LogP contribution is 2.30. The zero-order chi connectivity index (χ0) is 33.4. The Kier molecular flexibility index (Phi) is 12.6. The van der Waals surface area contributed by atoms with Crippen LogP contribution < -0.4 is 10.1 Å². The van der Waals surface area contributed by atoms with Crippen molar-refractivity contribution in [1.29, 1.82) is 0 Å². The van der Waals surface area contributed by atoms with Gasteiger partial charge in [-0.05, 0) is 64.2 Å². The summed E-state index contributed by atoms with van der Waals surface area (Å²) in [5.74, 6) is -0.324. The summed E-state index contributed by atoms with van der Waals surface area (Å²) in [4.78, 5) is 33.0. The van der Waals surface area contributed by atoms with Gasteiger partial charge in [0, 0.05) is 57.5 Å². The minimum atomic E-state index is -3.87. The largest absolute Gasteiger partial charge is 0.490 e. The van der Waals surface area contributed by atoms with Gasteiger partial charge in [0.15, 0.2) is 5.03 Å². The van der Waals surface area contributed by atoms with Crippen LogP contribution in [0, 0.1) is 11.8 Å². The number of aliphatic hydroxyl groups is 1. The number of aromatic nitrogens is 2. The first-order chi connectivity index (χ1) is 21.9. The number of aryl methyl sites for hydroxylation is 1. The van der Waals surface area contributed by atoms with Gasteiger partial charge < -0.3 is 29.4 Å². The van der Waals surface area contributed by atoms with Gasteiger partial charge in [-0.2, -0.15) is 4.31 Å². The molecule has 0 spiro atoms. The molecule has 2 aliphatic rings. The molecule has 256 valence electrons. The number of anilines is 1. The van der Waals surface area contributed by atoms with Gasteiger partial charge in [0.1, 0.15) is 5.75 Å². The maximum Gasteiger partial charge on any atom is 0.261 e. The molecule has 2 N–H and O–H groups in total. The third-order valence-electron chi connectivity index (χ3n) is 9.09. The number of amides is 2. The van der Waals surface area contributed by atoms with Crippen molar-refractivity contribution in [3.8, 4) is 5.75 Å². The van der Waals surface area contributed by atoms with Crippen molar-refractivity contribution >= 4 is 27.5 Å². The van der Waals surface area contributed by atoms with Crippen LogP contribution in [-0.2, 0) is 26.6 Å². The topological polar surface area (TPSA) is 143 Å². The molecule has 12 nitrogen and oxygen atoms in total. The molecular weight excluding hydrogens is 610 g/mol. The molecule has 1 aromatic heterocycles. The average molecular weight is 662 g/mol. The summed E-state index contributed by atoms with van der Waals surface area (Å²) < 4.78 is 42.0. The number of hydrogen-bond donors (Lipinski definition) is 2. The molecule has 2 amide bonds. The highest BCUT2D eigenvalue weighted by Gasteiger charge is 2.33. The van der Waals surface area contributed by atoms with Crippen molar-refractivity contribution in [3.63, 3.8) is 0 Å². The van der Waals surface area contributed by atoms with E-state index in [9.17, 15) is 23.1 Å². The van der Waals surface area contributed by atoms with Gasteiger partial charge in [0.2, 0.25) is 5.91 Å². The van der Waals surface area contributed by atoms with Crippen LogP contribution in [0.25, 0.3) is 0 Å². The van der Waals surface area contributed by atoms with E-state index in [4.69, 9.17) is 9.47 Å². The Morgan fingerprint density at radius 2 is 1.87 bits per heavy atom. The number of carbonyl (C=O) groups excluding carboxylic acids is 2. The van der Waals surface area contributed by atoms with E-state index in [0.717, 1.165) is 51.4 Å². The van der Waals surface area contributed by atoms with Crippen molar-refractivity contribution in [2.75, 3.05) is 38.7 Å². The third-order valence-corrected chi connectivity index (χ3v) is 10.8. The van der Waals surface area contributed by atoms with E-state index < -0.39 is 22.2 Å². The van der Waals surface area contributed by atoms with Crippen LogP contribution in [0.2, 0.25) is 0 Å². The first-order valence-electron chi connectivity index (χ1n) is 16.5. The lowest BCUT2D eigenvalue weighted by Crippen LogP contribution is -2.48. The van der Waals surface area contributed by atoms with Gasteiger partial charge in [-0.15, -0.1) is 0 Å². The molecule has 0 saturated heterocycles. The summed E-state index contributed by atoms with van der Waals surface area (Å²) in [6.07, 6.45) is 9.40. The lowest BCUT2D eigenvalue weighted by atomic mass is 9.88. The normalized spacial score (nSPS) is 23.3. The van der Waals surface area contributed by atoms with Crippen molar-refractivity contribution in [2.24, 2.45) is 18.9 Å². The van der Waals surface area contributed by atoms with E-state index in [0.29, 0.717) is 23.6 Å². The second-order valence-corrected chi connectivity index (χ2v) is 15.0. The van der Waals surface area contributed by atoms with Gasteiger partial charge in [-0.25, -0.2) is 13.4 Å². The predicted octanol–water partition coefficient (Wildman–Crippen LogP) is 4.06. The van der Waals surface area contributed by atoms with Crippen LogP contribution in [0.5, 0.6) is 5.75 Å². The predicted molar refractivity (Wildman–Crippen MR) is 175 cm³/mol. The summed E-state index contributed by atoms with van der Waals surface area (Å²) in [5.41, 5.74) is 0.817. The Bertz CT molecular complexity index is 1430. The van der Waals surface area contributed by atoms with Crippen LogP contribution in [-0.4, -0.2) is 95.7 Å². The SMILES string of the molecule is C[C@@H]1CN([C@@H](C)CO)C(=O)c2cc(NC(=O)C3CCCCC3)ccc2O[C@@H](C)CCCCO[C@@H]1CN(C)S(=O)(=O)c1cn(C)cn1. The first kappa shape index (κ1) is 35.8. The van der Waals surface area contributed by atoms with Crippen LogP contribution in [0.4, 0.5) is 5.69 Å². The number of aliphatic hydroxyl groups excluding tert-OH is 1. The van der Waals surface area contributed by atoms with Crippen molar-refractivity contribution < 1.29 is 32.6 Å². The molecule has 1 aliphatic heterocycles.